The first kappa shape index (κ1) is 13.9. The van der Waals surface area contributed by atoms with Gasteiger partial charge >= 0.3 is 0 Å². The Bertz CT molecular complexity index is 564. The van der Waals surface area contributed by atoms with Gasteiger partial charge in [0.15, 0.2) is 0 Å². The largest absolute Gasteiger partial charge is 0.363 e. The molecule has 1 aromatic carbocycles. The number of hydrogen-bond donors (Lipinski definition) is 1. The van der Waals surface area contributed by atoms with Gasteiger partial charge in [-0.25, -0.2) is 0 Å². The highest BCUT2D eigenvalue weighted by atomic mass is 35.5. The molecule has 0 aliphatic heterocycles. The normalized spacial score (nSPS) is 14.5. The maximum atomic E-state index is 6.38. The second kappa shape index (κ2) is 6.17. The summed E-state index contributed by atoms with van der Waals surface area (Å²) in [6.07, 6.45) is 3.39. The van der Waals surface area contributed by atoms with Crippen LogP contribution in [0, 0.1) is 0 Å². The zero-order valence-electron chi connectivity index (χ0n) is 11.4. The number of hydrogen-bond acceptors (Lipinski definition) is 3. The number of halogens is 1. The summed E-state index contributed by atoms with van der Waals surface area (Å²) < 4.78 is 0. The standard InChI is InChI=1S/C16H19ClN2S/c17-15-4-1-5-16(14(15)8-9-18)19(12-6-7-12)11-13-3-2-10-20-13/h1-5,10,12H,6-9,11,18H2. The summed E-state index contributed by atoms with van der Waals surface area (Å²) in [5, 5.41) is 2.98. The van der Waals surface area contributed by atoms with Crippen molar-refractivity contribution in [1.29, 1.82) is 0 Å². The van der Waals surface area contributed by atoms with Gasteiger partial charge in [-0.15, -0.1) is 11.3 Å². The van der Waals surface area contributed by atoms with Crippen LogP contribution in [0.3, 0.4) is 0 Å². The Kier molecular flexibility index (Phi) is 4.29. The molecule has 1 saturated carbocycles. The molecule has 2 nitrogen and oxygen atoms in total. The monoisotopic (exact) mass is 306 g/mol. The first-order valence-corrected chi connectivity index (χ1v) is 8.32. The zero-order chi connectivity index (χ0) is 13.9. The SMILES string of the molecule is NCCc1c(Cl)cccc1N(Cc1cccs1)C1CC1. The van der Waals surface area contributed by atoms with Crippen LogP contribution >= 0.6 is 22.9 Å². The molecule has 0 radical (unpaired) electrons. The molecule has 1 aliphatic rings. The number of nitrogens with two attached hydrogens (primary N) is 1. The number of thiophene rings is 1. The molecule has 0 amide bonds. The van der Waals surface area contributed by atoms with Crippen molar-refractivity contribution in [2.24, 2.45) is 5.73 Å². The molecule has 0 atom stereocenters. The highest BCUT2D eigenvalue weighted by Crippen LogP contribution is 2.37. The second-order valence-electron chi connectivity index (χ2n) is 5.21. The van der Waals surface area contributed by atoms with Crippen molar-refractivity contribution in [3.63, 3.8) is 0 Å². The van der Waals surface area contributed by atoms with E-state index in [0.717, 1.165) is 18.0 Å². The molecule has 1 aliphatic carbocycles. The van der Waals surface area contributed by atoms with Crippen LogP contribution in [0.1, 0.15) is 23.3 Å². The summed E-state index contributed by atoms with van der Waals surface area (Å²) in [4.78, 5) is 3.90. The van der Waals surface area contributed by atoms with Crippen LogP contribution in [-0.2, 0) is 13.0 Å². The first-order valence-electron chi connectivity index (χ1n) is 7.06. The Morgan fingerprint density at radius 1 is 1.25 bits per heavy atom. The fourth-order valence-corrected chi connectivity index (χ4v) is 3.54. The molecular weight excluding hydrogens is 288 g/mol. The predicted octanol–water partition coefficient (Wildman–Crippen LogP) is 4.07. The molecule has 2 aromatic rings. The van der Waals surface area contributed by atoms with Gasteiger partial charge in [-0.2, -0.15) is 0 Å². The van der Waals surface area contributed by atoms with E-state index in [9.17, 15) is 0 Å². The van der Waals surface area contributed by atoms with E-state index in [1.54, 1.807) is 0 Å². The van der Waals surface area contributed by atoms with Gasteiger partial charge in [0.1, 0.15) is 0 Å². The van der Waals surface area contributed by atoms with Crippen LogP contribution in [-0.4, -0.2) is 12.6 Å². The van der Waals surface area contributed by atoms with E-state index < -0.39 is 0 Å². The molecule has 20 heavy (non-hydrogen) atoms. The van der Waals surface area contributed by atoms with Crippen LogP contribution < -0.4 is 10.6 Å². The van der Waals surface area contributed by atoms with E-state index in [0.29, 0.717) is 12.6 Å². The molecule has 3 rings (SSSR count). The predicted molar refractivity (Wildman–Crippen MR) is 87.7 cm³/mol. The highest BCUT2D eigenvalue weighted by molar-refractivity contribution is 7.09. The van der Waals surface area contributed by atoms with Crippen molar-refractivity contribution < 1.29 is 0 Å². The Hall–Kier alpha value is -1.03. The van der Waals surface area contributed by atoms with Crippen molar-refractivity contribution in [1.82, 2.24) is 0 Å². The van der Waals surface area contributed by atoms with Crippen molar-refractivity contribution in [2.45, 2.75) is 31.8 Å². The average molecular weight is 307 g/mol. The minimum Gasteiger partial charge on any atom is -0.363 e. The van der Waals surface area contributed by atoms with Gasteiger partial charge in [0.25, 0.3) is 0 Å². The zero-order valence-corrected chi connectivity index (χ0v) is 13.0. The van der Waals surface area contributed by atoms with Crippen LogP contribution in [0.5, 0.6) is 0 Å². The molecule has 1 aromatic heterocycles. The molecule has 0 unspecified atom stereocenters. The molecule has 0 spiro atoms. The quantitative estimate of drug-likeness (QED) is 0.871. The Morgan fingerprint density at radius 2 is 2.10 bits per heavy atom. The smallest absolute Gasteiger partial charge is 0.0526 e. The summed E-state index contributed by atoms with van der Waals surface area (Å²) in [6.45, 7) is 1.61. The highest BCUT2D eigenvalue weighted by Gasteiger charge is 2.30. The van der Waals surface area contributed by atoms with Crippen molar-refractivity contribution in [3.8, 4) is 0 Å². The lowest BCUT2D eigenvalue weighted by Gasteiger charge is -2.27. The second-order valence-corrected chi connectivity index (χ2v) is 6.65. The van der Waals surface area contributed by atoms with Gasteiger partial charge < -0.3 is 10.6 Å². The van der Waals surface area contributed by atoms with Gasteiger partial charge in [-0.1, -0.05) is 23.7 Å². The van der Waals surface area contributed by atoms with Crippen LogP contribution in [0.15, 0.2) is 35.7 Å². The van der Waals surface area contributed by atoms with Crippen LogP contribution in [0.25, 0.3) is 0 Å². The minimum absolute atomic E-state index is 0.633. The van der Waals surface area contributed by atoms with Crippen LogP contribution in [0.2, 0.25) is 5.02 Å². The fourth-order valence-electron chi connectivity index (χ4n) is 2.58. The molecule has 4 heteroatoms. The molecule has 0 saturated heterocycles. The van der Waals surface area contributed by atoms with Crippen molar-refractivity contribution >= 4 is 28.6 Å². The third kappa shape index (κ3) is 3.00. The van der Waals surface area contributed by atoms with Gasteiger partial charge in [-0.05, 0) is 54.9 Å². The third-order valence-electron chi connectivity index (χ3n) is 3.69. The summed E-state index contributed by atoms with van der Waals surface area (Å²) >= 11 is 8.19. The van der Waals surface area contributed by atoms with E-state index >= 15 is 0 Å². The first-order chi connectivity index (χ1) is 9.79. The maximum absolute atomic E-state index is 6.38. The van der Waals surface area contributed by atoms with E-state index in [-0.39, 0.29) is 0 Å². The van der Waals surface area contributed by atoms with E-state index in [1.165, 1.54) is 29.0 Å². The molecule has 1 heterocycles. The molecule has 2 N–H and O–H groups in total. The van der Waals surface area contributed by atoms with E-state index in [2.05, 4.69) is 28.5 Å². The number of nitrogens with zero attached hydrogens (tertiary/aromatic N) is 1. The Morgan fingerprint density at radius 3 is 2.75 bits per heavy atom. The van der Waals surface area contributed by atoms with E-state index in [1.807, 2.05) is 23.5 Å². The lowest BCUT2D eigenvalue weighted by atomic mass is 10.1. The van der Waals surface area contributed by atoms with E-state index in [4.69, 9.17) is 17.3 Å². The summed E-state index contributed by atoms with van der Waals surface area (Å²) in [6, 6.07) is 11.2. The number of benzene rings is 1. The number of anilines is 1. The lowest BCUT2D eigenvalue weighted by Crippen LogP contribution is -2.26. The molecule has 0 bridgehead atoms. The Labute approximate surface area is 129 Å². The third-order valence-corrected chi connectivity index (χ3v) is 4.91. The number of rotatable bonds is 6. The molecule has 106 valence electrons. The molecular formula is C16H19ClN2S. The van der Waals surface area contributed by atoms with Crippen LogP contribution in [0.4, 0.5) is 5.69 Å². The fraction of sp³-hybridized carbons (Fsp3) is 0.375. The van der Waals surface area contributed by atoms with Crippen molar-refractivity contribution in [2.75, 3.05) is 11.4 Å². The Balaban J connectivity index is 1.93. The summed E-state index contributed by atoms with van der Waals surface area (Å²) in [5.74, 6) is 0. The maximum Gasteiger partial charge on any atom is 0.0526 e. The molecule has 1 fully saturated rings. The average Bonchev–Trinajstić information content (AvgIpc) is 3.16. The van der Waals surface area contributed by atoms with Gasteiger partial charge in [0.2, 0.25) is 0 Å². The summed E-state index contributed by atoms with van der Waals surface area (Å²) in [7, 11) is 0. The topological polar surface area (TPSA) is 29.3 Å². The summed E-state index contributed by atoms with van der Waals surface area (Å²) in [5.41, 5.74) is 8.21. The van der Waals surface area contributed by atoms with Gasteiger partial charge in [-0.3, -0.25) is 0 Å². The minimum atomic E-state index is 0.633. The van der Waals surface area contributed by atoms with Gasteiger partial charge in [0, 0.05) is 21.6 Å². The van der Waals surface area contributed by atoms with Gasteiger partial charge in [0.05, 0.1) is 6.54 Å². The lowest BCUT2D eigenvalue weighted by molar-refractivity contribution is 0.792. The van der Waals surface area contributed by atoms with Crippen molar-refractivity contribution in [3.05, 3.63) is 51.2 Å².